The number of carbonyl (C=O) groups excluding carboxylic acids is 1. The highest BCUT2D eigenvalue weighted by Crippen LogP contribution is 2.24. The topological polar surface area (TPSA) is 29.1 Å². The van der Waals surface area contributed by atoms with Gasteiger partial charge >= 0.3 is 0 Å². The lowest BCUT2D eigenvalue weighted by atomic mass is 10.0. The summed E-state index contributed by atoms with van der Waals surface area (Å²) < 4.78 is 0. The first-order valence-corrected chi connectivity index (χ1v) is 5.07. The largest absolute Gasteiger partial charge is 0.326 e. The molecular formula is C12H15NO. The van der Waals surface area contributed by atoms with Crippen LogP contribution in [0.5, 0.6) is 0 Å². The number of rotatable bonds is 2. The average Bonchev–Trinajstić information content (AvgIpc) is 2.42. The summed E-state index contributed by atoms with van der Waals surface area (Å²) in [6.45, 7) is 4.40. The van der Waals surface area contributed by atoms with Crippen LogP contribution in [0.25, 0.3) is 0 Å². The Morgan fingerprint density at radius 1 is 1.43 bits per heavy atom. The molecule has 0 saturated heterocycles. The predicted molar refractivity (Wildman–Crippen MR) is 57.3 cm³/mol. The van der Waals surface area contributed by atoms with Crippen molar-refractivity contribution >= 4 is 11.6 Å². The molecule has 0 spiro atoms. The summed E-state index contributed by atoms with van der Waals surface area (Å²) in [5, 5.41) is 2.87. The summed E-state index contributed by atoms with van der Waals surface area (Å²) in [7, 11) is 0. The van der Waals surface area contributed by atoms with E-state index in [9.17, 15) is 4.79 Å². The molecule has 14 heavy (non-hydrogen) atoms. The van der Waals surface area contributed by atoms with Gasteiger partial charge in [0.05, 0.1) is 6.42 Å². The van der Waals surface area contributed by atoms with Crippen LogP contribution in [-0.2, 0) is 17.6 Å². The van der Waals surface area contributed by atoms with Crippen LogP contribution in [-0.4, -0.2) is 5.91 Å². The van der Waals surface area contributed by atoms with Gasteiger partial charge in [-0.2, -0.15) is 0 Å². The van der Waals surface area contributed by atoms with Gasteiger partial charge in [-0.3, -0.25) is 4.79 Å². The molecule has 1 aromatic carbocycles. The minimum atomic E-state index is 0.113. The number of hydrogen-bond donors (Lipinski definition) is 1. The van der Waals surface area contributed by atoms with Gasteiger partial charge in [-0.15, -0.1) is 0 Å². The van der Waals surface area contributed by atoms with Gasteiger partial charge in [0.1, 0.15) is 0 Å². The second kappa shape index (κ2) is 3.45. The highest BCUT2D eigenvalue weighted by molar-refractivity contribution is 5.99. The van der Waals surface area contributed by atoms with Crippen LogP contribution in [0.15, 0.2) is 18.2 Å². The van der Waals surface area contributed by atoms with E-state index < -0.39 is 0 Å². The highest BCUT2D eigenvalue weighted by Gasteiger charge is 2.17. The van der Waals surface area contributed by atoms with Crippen LogP contribution < -0.4 is 5.32 Å². The Morgan fingerprint density at radius 3 is 2.93 bits per heavy atom. The second-order valence-electron chi connectivity index (χ2n) is 4.31. The molecule has 0 unspecified atom stereocenters. The Morgan fingerprint density at radius 2 is 2.21 bits per heavy atom. The Kier molecular flexibility index (Phi) is 2.28. The Balaban J connectivity index is 2.24. The maximum atomic E-state index is 11.1. The van der Waals surface area contributed by atoms with E-state index in [-0.39, 0.29) is 5.91 Å². The van der Waals surface area contributed by atoms with Gasteiger partial charge in [0.15, 0.2) is 0 Å². The van der Waals surface area contributed by atoms with Gasteiger partial charge in [0.25, 0.3) is 0 Å². The van der Waals surface area contributed by atoms with Crippen molar-refractivity contribution < 1.29 is 4.79 Å². The molecular weight excluding hydrogens is 174 g/mol. The third-order valence-electron chi connectivity index (χ3n) is 2.44. The normalized spacial score (nSPS) is 14.4. The number of carbonyl (C=O) groups is 1. The molecule has 0 atom stereocenters. The Bertz CT molecular complexity index is 369. The number of hydrogen-bond acceptors (Lipinski definition) is 1. The van der Waals surface area contributed by atoms with Crippen LogP contribution in [0.4, 0.5) is 5.69 Å². The summed E-state index contributed by atoms with van der Waals surface area (Å²) in [6.07, 6.45) is 1.61. The van der Waals surface area contributed by atoms with Crippen molar-refractivity contribution in [1.82, 2.24) is 0 Å². The molecule has 2 heteroatoms. The molecule has 2 rings (SSSR count). The molecule has 1 aliphatic heterocycles. The van der Waals surface area contributed by atoms with E-state index in [2.05, 4.69) is 37.4 Å². The van der Waals surface area contributed by atoms with Crippen LogP contribution in [0.2, 0.25) is 0 Å². The van der Waals surface area contributed by atoms with E-state index in [0.29, 0.717) is 12.3 Å². The van der Waals surface area contributed by atoms with E-state index in [0.717, 1.165) is 17.7 Å². The summed E-state index contributed by atoms with van der Waals surface area (Å²) >= 11 is 0. The third kappa shape index (κ3) is 1.79. The molecule has 74 valence electrons. The summed E-state index contributed by atoms with van der Waals surface area (Å²) in [5.41, 5.74) is 3.44. The number of fused-ring (bicyclic) bond motifs is 1. The zero-order chi connectivity index (χ0) is 10.1. The van der Waals surface area contributed by atoms with Crippen LogP contribution in [0.3, 0.4) is 0 Å². The lowest BCUT2D eigenvalue weighted by Crippen LogP contribution is -2.03. The molecule has 1 N–H and O–H groups in total. The minimum Gasteiger partial charge on any atom is -0.326 e. The number of nitrogens with one attached hydrogen (secondary N) is 1. The molecule has 0 radical (unpaired) electrons. The minimum absolute atomic E-state index is 0.113. The van der Waals surface area contributed by atoms with E-state index in [1.807, 2.05) is 0 Å². The fourth-order valence-electron chi connectivity index (χ4n) is 1.86. The molecule has 1 amide bonds. The SMILES string of the molecule is CC(C)Cc1ccc2c(c1)NC(=O)C2. The van der Waals surface area contributed by atoms with Gasteiger partial charge in [-0.05, 0) is 29.5 Å². The van der Waals surface area contributed by atoms with Gasteiger partial charge in [-0.25, -0.2) is 0 Å². The lowest BCUT2D eigenvalue weighted by Gasteiger charge is -2.06. The van der Waals surface area contributed by atoms with Gasteiger partial charge in [0.2, 0.25) is 5.91 Å². The number of amides is 1. The van der Waals surface area contributed by atoms with Crippen molar-refractivity contribution in [3.63, 3.8) is 0 Å². The van der Waals surface area contributed by atoms with E-state index >= 15 is 0 Å². The first kappa shape index (κ1) is 9.25. The van der Waals surface area contributed by atoms with Gasteiger partial charge in [0, 0.05) is 5.69 Å². The van der Waals surface area contributed by atoms with Crippen molar-refractivity contribution in [2.24, 2.45) is 5.92 Å². The summed E-state index contributed by atoms with van der Waals surface area (Å²) in [4.78, 5) is 11.1. The van der Waals surface area contributed by atoms with Crippen molar-refractivity contribution in [3.8, 4) is 0 Å². The molecule has 1 heterocycles. The zero-order valence-corrected chi connectivity index (χ0v) is 8.63. The van der Waals surface area contributed by atoms with Crippen LogP contribution in [0, 0.1) is 5.92 Å². The average molecular weight is 189 g/mol. The maximum absolute atomic E-state index is 11.1. The second-order valence-corrected chi connectivity index (χ2v) is 4.31. The molecule has 0 saturated carbocycles. The predicted octanol–water partition coefficient (Wildman–Crippen LogP) is 2.38. The van der Waals surface area contributed by atoms with E-state index in [1.165, 1.54) is 5.56 Å². The van der Waals surface area contributed by atoms with E-state index in [1.54, 1.807) is 0 Å². The Labute approximate surface area is 84.3 Å². The summed E-state index contributed by atoms with van der Waals surface area (Å²) in [6, 6.07) is 6.28. The quantitative estimate of drug-likeness (QED) is 0.760. The lowest BCUT2D eigenvalue weighted by molar-refractivity contribution is -0.115. The fraction of sp³-hybridized carbons (Fsp3) is 0.417. The van der Waals surface area contributed by atoms with Gasteiger partial charge in [-0.1, -0.05) is 26.0 Å². The van der Waals surface area contributed by atoms with Crippen molar-refractivity contribution in [2.75, 3.05) is 5.32 Å². The van der Waals surface area contributed by atoms with Crippen molar-refractivity contribution in [2.45, 2.75) is 26.7 Å². The van der Waals surface area contributed by atoms with Crippen molar-refractivity contribution in [3.05, 3.63) is 29.3 Å². The fourth-order valence-corrected chi connectivity index (χ4v) is 1.86. The molecule has 1 aromatic rings. The molecule has 0 fully saturated rings. The Hall–Kier alpha value is -1.31. The summed E-state index contributed by atoms with van der Waals surface area (Å²) in [5.74, 6) is 0.770. The first-order chi connectivity index (χ1) is 6.65. The number of anilines is 1. The first-order valence-electron chi connectivity index (χ1n) is 5.07. The van der Waals surface area contributed by atoms with Crippen LogP contribution in [0.1, 0.15) is 25.0 Å². The standard InChI is InChI=1S/C12H15NO/c1-8(2)5-9-3-4-10-7-12(14)13-11(10)6-9/h3-4,6,8H,5,7H2,1-2H3,(H,13,14). The van der Waals surface area contributed by atoms with E-state index in [4.69, 9.17) is 0 Å². The molecule has 0 aliphatic carbocycles. The van der Waals surface area contributed by atoms with Crippen molar-refractivity contribution in [1.29, 1.82) is 0 Å². The molecule has 2 nitrogen and oxygen atoms in total. The number of benzene rings is 1. The molecule has 1 aliphatic rings. The van der Waals surface area contributed by atoms with Crippen LogP contribution >= 0.6 is 0 Å². The zero-order valence-electron chi connectivity index (χ0n) is 8.63. The smallest absolute Gasteiger partial charge is 0.228 e. The monoisotopic (exact) mass is 189 g/mol. The highest BCUT2D eigenvalue weighted by atomic mass is 16.1. The molecule has 0 aromatic heterocycles. The molecule has 0 bridgehead atoms. The maximum Gasteiger partial charge on any atom is 0.228 e. The van der Waals surface area contributed by atoms with Gasteiger partial charge < -0.3 is 5.32 Å². The third-order valence-corrected chi connectivity index (χ3v) is 2.44.